The fourth-order valence-corrected chi connectivity index (χ4v) is 3.24. The lowest BCUT2D eigenvalue weighted by molar-refractivity contribution is 0.342. The van der Waals surface area contributed by atoms with Gasteiger partial charge >= 0.3 is 0 Å². The fraction of sp³-hybridized carbons (Fsp3) is 0.368. The highest BCUT2D eigenvalue weighted by atomic mass is 32.2. The molecule has 3 rings (SSSR count). The molecule has 0 aliphatic rings. The minimum absolute atomic E-state index is 0.481. The van der Waals surface area contributed by atoms with Crippen molar-refractivity contribution in [3.8, 4) is 23.1 Å². The topological polar surface area (TPSA) is 62.3 Å². The fourth-order valence-electron chi connectivity index (χ4n) is 2.48. The summed E-state index contributed by atoms with van der Waals surface area (Å²) >= 11 is 1.63. The Hall–Kier alpha value is -2.41. The van der Waals surface area contributed by atoms with E-state index >= 15 is 0 Å². The average Bonchev–Trinajstić information content (AvgIpc) is 3.29. The van der Waals surface area contributed by atoms with E-state index in [1.165, 1.54) is 0 Å². The molecular weight excluding hydrogens is 350 g/mol. The second-order valence-electron chi connectivity index (χ2n) is 6.16. The molecule has 0 aliphatic heterocycles. The van der Waals surface area contributed by atoms with E-state index < -0.39 is 0 Å². The molecule has 2 aromatic heterocycles. The minimum atomic E-state index is 0.481. The van der Waals surface area contributed by atoms with Crippen LogP contribution >= 0.6 is 11.8 Å². The molecule has 0 saturated heterocycles. The third-order valence-corrected chi connectivity index (χ3v) is 4.58. The van der Waals surface area contributed by atoms with Gasteiger partial charge in [-0.25, -0.2) is 0 Å². The summed E-state index contributed by atoms with van der Waals surface area (Å²) in [5.41, 5.74) is 0. The summed E-state index contributed by atoms with van der Waals surface area (Å²) in [7, 11) is 1.65. The van der Waals surface area contributed by atoms with Gasteiger partial charge in [-0.15, -0.1) is 10.2 Å². The summed E-state index contributed by atoms with van der Waals surface area (Å²) in [6.07, 6.45) is 1.65. The Balaban J connectivity index is 1.60. The monoisotopic (exact) mass is 373 g/mol. The molecule has 1 aromatic carbocycles. The predicted molar refractivity (Wildman–Crippen MR) is 102 cm³/mol. The number of methoxy groups -OCH3 is 1. The van der Waals surface area contributed by atoms with E-state index in [2.05, 4.69) is 28.6 Å². The first-order valence-electron chi connectivity index (χ1n) is 8.54. The van der Waals surface area contributed by atoms with E-state index in [0.717, 1.165) is 40.5 Å². The van der Waals surface area contributed by atoms with Gasteiger partial charge in [-0.1, -0.05) is 25.6 Å². The van der Waals surface area contributed by atoms with Crippen LogP contribution in [0.5, 0.6) is 11.5 Å². The van der Waals surface area contributed by atoms with Crippen LogP contribution in [0, 0.1) is 5.92 Å². The summed E-state index contributed by atoms with van der Waals surface area (Å²) in [5.74, 6) is 4.40. The number of ether oxygens (including phenoxy) is 2. The molecule has 0 N–H and O–H groups in total. The highest BCUT2D eigenvalue weighted by molar-refractivity contribution is 7.99. The number of benzene rings is 1. The van der Waals surface area contributed by atoms with Crippen molar-refractivity contribution >= 4 is 11.8 Å². The maximum absolute atomic E-state index is 5.77. The van der Waals surface area contributed by atoms with Crippen LogP contribution in [0.4, 0.5) is 0 Å². The van der Waals surface area contributed by atoms with Gasteiger partial charge in [0.05, 0.1) is 20.0 Å². The van der Waals surface area contributed by atoms with E-state index in [-0.39, 0.29) is 0 Å². The third kappa shape index (κ3) is 4.60. The van der Waals surface area contributed by atoms with Crippen molar-refractivity contribution in [1.29, 1.82) is 0 Å². The Morgan fingerprint density at radius 3 is 2.54 bits per heavy atom. The average molecular weight is 373 g/mol. The van der Waals surface area contributed by atoms with Gasteiger partial charge in [0.15, 0.2) is 16.7 Å². The Labute approximate surface area is 157 Å². The first-order chi connectivity index (χ1) is 12.7. The Morgan fingerprint density at radius 1 is 1.12 bits per heavy atom. The molecular formula is C19H23N3O3S. The zero-order valence-corrected chi connectivity index (χ0v) is 16.0. The van der Waals surface area contributed by atoms with Crippen molar-refractivity contribution in [2.24, 2.45) is 5.92 Å². The van der Waals surface area contributed by atoms with Crippen LogP contribution in [-0.2, 0) is 6.54 Å². The standard InChI is InChI=1S/C19H23N3O3S/c1-14(2)13-22-18(17-5-4-10-25-17)20-21-19(22)26-12-11-24-16-8-6-15(23-3)7-9-16/h4-10,14H,11-13H2,1-3H3. The maximum Gasteiger partial charge on any atom is 0.200 e. The lowest BCUT2D eigenvalue weighted by Gasteiger charge is -2.11. The molecule has 0 unspecified atom stereocenters. The molecule has 2 heterocycles. The molecule has 138 valence electrons. The molecule has 0 radical (unpaired) electrons. The summed E-state index contributed by atoms with van der Waals surface area (Å²) in [6.45, 7) is 5.77. The number of rotatable bonds is 9. The van der Waals surface area contributed by atoms with Crippen molar-refractivity contribution in [1.82, 2.24) is 14.8 Å². The van der Waals surface area contributed by atoms with Crippen LogP contribution in [0.15, 0.2) is 52.2 Å². The van der Waals surface area contributed by atoms with Gasteiger partial charge in [0, 0.05) is 12.3 Å². The van der Waals surface area contributed by atoms with Crippen LogP contribution in [0.2, 0.25) is 0 Å². The van der Waals surface area contributed by atoms with Crippen LogP contribution in [0.1, 0.15) is 13.8 Å². The van der Waals surface area contributed by atoms with E-state index in [1.54, 1.807) is 25.1 Å². The van der Waals surface area contributed by atoms with Crippen LogP contribution < -0.4 is 9.47 Å². The van der Waals surface area contributed by atoms with Crippen molar-refractivity contribution in [3.05, 3.63) is 42.7 Å². The van der Waals surface area contributed by atoms with Gasteiger partial charge in [-0.2, -0.15) is 0 Å². The molecule has 26 heavy (non-hydrogen) atoms. The number of aromatic nitrogens is 3. The van der Waals surface area contributed by atoms with Gasteiger partial charge < -0.3 is 13.9 Å². The van der Waals surface area contributed by atoms with Crippen molar-refractivity contribution in [2.45, 2.75) is 25.5 Å². The second-order valence-corrected chi connectivity index (χ2v) is 7.22. The normalized spacial score (nSPS) is 11.1. The molecule has 0 aliphatic carbocycles. The van der Waals surface area contributed by atoms with Gasteiger partial charge in [0.2, 0.25) is 0 Å². The number of thioether (sulfide) groups is 1. The van der Waals surface area contributed by atoms with E-state index in [9.17, 15) is 0 Å². The van der Waals surface area contributed by atoms with E-state index in [1.807, 2.05) is 36.4 Å². The zero-order valence-electron chi connectivity index (χ0n) is 15.2. The molecule has 0 atom stereocenters. The largest absolute Gasteiger partial charge is 0.497 e. The zero-order chi connectivity index (χ0) is 18.4. The molecule has 0 fully saturated rings. The molecule has 3 aromatic rings. The van der Waals surface area contributed by atoms with Crippen LogP contribution in [-0.4, -0.2) is 34.2 Å². The summed E-state index contributed by atoms with van der Waals surface area (Å²) < 4.78 is 18.5. The third-order valence-electron chi connectivity index (χ3n) is 3.65. The Bertz CT molecular complexity index is 798. The van der Waals surface area contributed by atoms with Gasteiger partial charge in [0.1, 0.15) is 11.5 Å². The lowest BCUT2D eigenvalue weighted by Crippen LogP contribution is -2.08. The number of nitrogens with zero attached hydrogens (tertiary/aromatic N) is 3. The molecule has 0 bridgehead atoms. The van der Waals surface area contributed by atoms with E-state index in [4.69, 9.17) is 13.9 Å². The van der Waals surface area contributed by atoms with E-state index in [0.29, 0.717) is 12.5 Å². The number of furan rings is 1. The van der Waals surface area contributed by atoms with Gasteiger partial charge in [-0.05, 0) is 42.3 Å². The molecule has 7 heteroatoms. The SMILES string of the molecule is COc1ccc(OCCSc2nnc(-c3ccco3)n2CC(C)C)cc1. The highest BCUT2D eigenvalue weighted by Crippen LogP contribution is 2.25. The quantitative estimate of drug-likeness (QED) is 0.410. The molecule has 0 spiro atoms. The first-order valence-corrected chi connectivity index (χ1v) is 9.52. The highest BCUT2D eigenvalue weighted by Gasteiger charge is 2.17. The number of hydrogen-bond donors (Lipinski definition) is 0. The van der Waals surface area contributed by atoms with Crippen molar-refractivity contribution < 1.29 is 13.9 Å². The van der Waals surface area contributed by atoms with Crippen molar-refractivity contribution in [3.63, 3.8) is 0 Å². The van der Waals surface area contributed by atoms with Crippen LogP contribution in [0.3, 0.4) is 0 Å². The lowest BCUT2D eigenvalue weighted by atomic mass is 10.2. The second kappa shape index (κ2) is 8.80. The van der Waals surface area contributed by atoms with Gasteiger partial charge in [-0.3, -0.25) is 4.57 Å². The van der Waals surface area contributed by atoms with Crippen LogP contribution in [0.25, 0.3) is 11.6 Å². The Morgan fingerprint density at radius 2 is 1.88 bits per heavy atom. The Kier molecular flexibility index (Phi) is 6.22. The van der Waals surface area contributed by atoms with Crippen molar-refractivity contribution in [2.75, 3.05) is 19.5 Å². The maximum atomic E-state index is 5.77. The summed E-state index contributed by atoms with van der Waals surface area (Å²) in [5, 5.41) is 9.53. The molecule has 0 amide bonds. The summed E-state index contributed by atoms with van der Waals surface area (Å²) in [4.78, 5) is 0. The molecule has 6 nitrogen and oxygen atoms in total. The smallest absolute Gasteiger partial charge is 0.200 e. The first kappa shape index (κ1) is 18.4. The predicted octanol–water partition coefficient (Wildman–Crippen LogP) is 4.37. The van der Waals surface area contributed by atoms with Gasteiger partial charge in [0.25, 0.3) is 0 Å². The number of hydrogen-bond acceptors (Lipinski definition) is 6. The summed E-state index contributed by atoms with van der Waals surface area (Å²) in [6, 6.07) is 11.3. The minimum Gasteiger partial charge on any atom is -0.497 e. The molecule has 0 saturated carbocycles.